The minimum Gasteiger partial charge on any atom is -0.367 e. The fourth-order valence-electron chi connectivity index (χ4n) is 3.27. The molecule has 0 aliphatic carbocycles. The highest BCUT2D eigenvalue weighted by atomic mass is 16.5. The number of hydrogen-bond acceptors (Lipinski definition) is 3. The van der Waals surface area contributed by atoms with Crippen molar-refractivity contribution in [2.45, 2.75) is 52.7 Å². The summed E-state index contributed by atoms with van der Waals surface area (Å²) >= 11 is 0. The molecule has 1 aliphatic rings. The Kier molecular flexibility index (Phi) is 4.27. The van der Waals surface area contributed by atoms with Gasteiger partial charge in [0, 0.05) is 18.7 Å². The van der Waals surface area contributed by atoms with Crippen LogP contribution in [0.15, 0.2) is 18.2 Å². The zero-order chi connectivity index (χ0) is 15.8. The van der Waals surface area contributed by atoms with E-state index >= 15 is 0 Å². The molecule has 1 heterocycles. The number of carbonyl (C=O) groups is 1. The molecule has 0 N–H and O–H groups in total. The van der Waals surface area contributed by atoms with E-state index in [0.717, 1.165) is 18.7 Å². The van der Waals surface area contributed by atoms with Gasteiger partial charge in [-0.1, -0.05) is 12.1 Å². The van der Waals surface area contributed by atoms with Crippen molar-refractivity contribution in [2.24, 2.45) is 0 Å². The topological polar surface area (TPSA) is 29.5 Å². The average molecular weight is 289 g/mol. The van der Waals surface area contributed by atoms with Crippen LogP contribution in [0.2, 0.25) is 0 Å². The third-order valence-electron chi connectivity index (χ3n) is 3.96. The van der Waals surface area contributed by atoms with Crippen molar-refractivity contribution in [3.63, 3.8) is 0 Å². The molecular weight excluding hydrogens is 262 g/mol. The maximum atomic E-state index is 12.5. The Hall–Kier alpha value is -1.19. The molecule has 1 aliphatic heterocycles. The Balaban J connectivity index is 2.10. The van der Waals surface area contributed by atoms with E-state index < -0.39 is 0 Å². The molecule has 2 rings (SSSR count). The molecule has 1 fully saturated rings. The molecule has 0 aromatic heterocycles. The highest BCUT2D eigenvalue weighted by Crippen LogP contribution is 2.28. The molecule has 0 amide bonds. The van der Waals surface area contributed by atoms with Gasteiger partial charge in [-0.3, -0.25) is 9.69 Å². The number of Topliss-reactive ketones (excluding diaryl/α,β-unsaturated/α-hetero) is 1. The van der Waals surface area contributed by atoms with Gasteiger partial charge in [0.1, 0.15) is 0 Å². The van der Waals surface area contributed by atoms with Crippen LogP contribution in [0.5, 0.6) is 0 Å². The van der Waals surface area contributed by atoms with Crippen LogP contribution in [0.3, 0.4) is 0 Å². The van der Waals surface area contributed by atoms with Gasteiger partial charge in [0.15, 0.2) is 5.78 Å². The van der Waals surface area contributed by atoms with Crippen molar-refractivity contribution in [3.05, 3.63) is 34.9 Å². The summed E-state index contributed by atoms with van der Waals surface area (Å²) in [6, 6.07) is 5.95. The van der Waals surface area contributed by atoms with Gasteiger partial charge in [0.25, 0.3) is 0 Å². The summed E-state index contributed by atoms with van der Waals surface area (Å²) in [5, 5.41) is 0. The normalized spacial score (nSPS) is 21.2. The first kappa shape index (κ1) is 16.2. The van der Waals surface area contributed by atoms with E-state index in [4.69, 9.17) is 4.74 Å². The number of aryl methyl sites for hydroxylation is 2. The second-order valence-corrected chi connectivity index (χ2v) is 7.49. The monoisotopic (exact) mass is 289 g/mol. The van der Waals surface area contributed by atoms with Gasteiger partial charge >= 0.3 is 0 Å². The number of nitrogens with zero attached hydrogens (tertiary/aromatic N) is 1. The van der Waals surface area contributed by atoms with Crippen molar-refractivity contribution in [1.29, 1.82) is 0 Å². The van der Waals surface area contributed by atoms with Crippen molar-refractivity contribution < 1.29 is 9.53 Å². The maximum absolute atomic E-state index is 12.5. The molecule has 3 heteroatoms. The minimum atomic E-state index is -0.217. The first-order valence-electron chi connectivity index (χ1n) is 7.61. The number of morpholine rings is 1. The Morgan fingerprint density at radius 1 is 1.10 bits per heavy atom. The van der Waals surface area contributed by atoms with Crippen LogP contribution < -0.4 is 0 Å². The first-order valence-corrected chi connectivity index (χ1v) is 7.61. The van der Waals surface area contributed by atoms with Crippen LogP contribution >= 0.6 is 0 Å². The zero-order valence-corrected chi connectivity index (χ0v) is 14.1. The SMILES string of the molecule is Cc1ccc(C(=O)CN2CC(C)(C)OC(C)(C)C2)cc1C. The standard InChI is InChI=1S/C18H27NO2/c1-13-7-8-15(9-14(13)2)16(20)10-19-11-17(3,4)21-18(5,6)12-19/h7-9H,10-12H2,1-6H3. The summed E-state index contributed by atoms with van der Waals surface area (Å²) < 4.78 is 6.06. The smallest absolute Gasteiger partial charge is 0.176 e. The van der Waals surface area contributed by atoms with Gasteiger partial charge in [-0.2, -0.15) is 0 Å². The molecular formula is C18H27NO2. The van der Waals surface area contributed by atoms with Crippen LogP contribution in [-0.4, -0.2) is 41.5 Å². The fourth-order valence-corrected chi connectivity index (χ4v) is 3.27. The fraction of sp³-hybridized carbons (Fsp3) is 0.611. The van der Waals surface area contributed by atoms with Crippen LogP contribution in [0.1, 0.15) is 49.2 Å². The Bertz CT molecular complexity index is 530. The van der Waals surface area contributed by atoms with Gasteiger partial charge in [-0.15, -0.1) is 0 Å². The summed E-state index contributed by atoms with van der Waals surface area (Å²) in [7, 11) is 0. The lowest BCUT2D eigenvalue weighted by molar-refractivity contribution is -0.178. The van der Waals surface area contributed by atoms with Crippen molar-refractivity contribution in [1.82, 2.24) is 4.90 Å². The molecule has 0 saturated carbocycles. The molecule has 0 atom stereocenters. The number of ketones is 1. The molecule has 0 unspecified atom stereocenters. The van der Waals surface area contributed by atoms with Crippen molar-refractivity contribution in [3.8, 4) is 0 Å². The van der Waals surface area contributed by atoms with E-state index in [-0.39, 0.29) is 17.0 Å². The molecule has 21 heavy (non-hydrogen) atoms. The Morgan fingerprint density at radius 2 is 1.67 bits per heavy atom. The van der Waals surface area contributed by atoms with E-state index in [0.29, 0.717) is 6.54 Å². The summed E-state index contributed by atoms with van der Waals surface area (Å²) in [5.41, 5.74) is 2.76. The molecule has 1 saturated heterocycles. The summed E-state index contributed by atoms with van der Waals surface area (Å²) in [4.78, 5) is 14.7. The third kappa shape index (κ3) is 4.14. The van der Waals surface area contributed by atoms with Crippen LogP contribution in [0, 0.1) is 13.8 Å². The van der Waals surface area contributed by atoms with Gasteiger partial charge in [0.05, 0.1) is 17.7 Å². The number of ether oxygens (including phenoxy) is 1. The number of rotatable bonds is 3. The summed E-state index contributed by atoms with van der Waals surface area (Å²) in [6.45, 7) is 14.5. The minimum absolute atomic E-state index is 0.187. The highest BCUT2D eigenvalue weighted by Gasteiger charge is 2.38. The maximum Gasteiger partial charge on any atom is 0.176 e. The highest BCUT2D eigenvalue weighted by molar-refractivity contribution is 5.97. The van der Waals surface area contributed by atoms with Gasteiger partial charge in [-0.25, -0.2) is 0 Å². The first-order chi connectivity index (χ1) is 9.58. The average Bonchev–Trinajstić information content (AvgIpc) is 2.28. The largest absolute Gasteiger partial charge is 0.367 e. The van der Waals surface area contributed by atoms with Crippen molar-refractivity contribution >= 4 is 5.78 Å². The summed E-state index contributed by atoms with van der Waals surface area (Å²) in [5.74, 6) is 0.187. The predicted molar refractivity (Wildman–Crippen MR) is 85.9 cm³/mol. The molecule has 3 nitrogen and oxygen atoms in total. The van der Waals surface area contributed by atoms with E-state index in [1.807, 2.05) is 25.1 Å². The molecule has 0 bridgehead atoms. The number of carbonyl (C=O) groups excluding carboxylic acids is 1. The van der Waals surface area contributed by atoms with E-state index in [1.54, 1.807) is 0 Å². The number of benzene rings is 1. The zero-order valence-electron chi connectivity index (χ0n) is 14.1. The molecule has 1 aromatic rings. The van der Waals surface area contributed by atoms with Crippen LogP contribution in [-0.2, 0) is 4.74 Å². The molecule has 116 valence electrons. The third-order valence-corrected chi connectivity index (χ3v) is 3.96. The van der Waals surface area contributed by atoms with Gasteiger partial charge in [0.2, 0.25) is 0 Å². The second-order valence-electron chi connectivity index (χ2n) is 7.49. The van der Waals surface area contributed by atoms with E-state index in [2.05, 4.69) is 39.5 Å². The Morgan fingerprint density at radius 3 is 2.19 bits per heavy atom. The second kappa shape index (κ2) is 5.54. The number of hydrogen-bond donors (Lipinski definition) is 0. The van der Waals surface area contributed by atoms with Crippen molar-refractivity contribution in [2.75, 3.05) is 19.6 Å². The lowest BCUT2D eigenvalue weighted by Gasteiger charge is -2.47. The van der Waals surface area contributed by atoms with Crippen LogP contribution in [0.25, 0.3) is 0 Å². The summed E-state index contributed by atoms with van der Waals surface area (Å²) in [6.07, 6.45) is 0. The molecule has 1 aromatic carbocycles. The van der Waals surface area contributed by atoms with E-state index in [1.165, 1.54) is 11.1 Å². The predicted octanol–water partition coefficient (Wildman–Crippen LogP) is 3.38. The lowest BCUT2D eigenvalue weighted by Crippen LogP contribution is -2.58. The van der Waals surface area contributed by atoms with Crippen LogP contribution in [0.4, 0.5) is 0 Å². The quantitative estimate of drug-likeness (QED) is 0.799. The lowest BCUT2D eigenvalue weighted by atomic mass is 9.97. The van der Waals surface area contributed by atoms with E-state index in [9.17, 15) is 4.79 Å². The van der Waals surface area contributed by atoms with Gasteiger partial charge in [-0.05, 0) is 58.7 Å². The molecule has 0 radical (unpaired) electrons. The molecule has 0 spiro atoms. The Labute approximate surface area is 128 Å². The van der Waals surface area contributed by atoms with Gasteiger partial charge < -0.3 is 4.74 Å².